The molecule has 0 aromatic heterocycles. The predicted octanol–water partition coefficient (Wildman–Crippen LogP) is 16.3. The van der Waals surface area contributed by atoms with Crippen molar-refractivity contribution in [3.63, 3.8) is 0 Å². The van der Waals surface area contributed by atoms with Crippen LogP contribution in [-0.4, -0.2) is 0 Å². The molecule has 0 aliphatic heterocycles. The highest BCUT2D eigenvalue weighted by molar-refractivity contribution is 6.10. The molecule has 2 heteroatoms. The summed E-state index contributed by atoms with van der Waals surface area (Å²) in [4.78, 5) is 4.75. The Kier molecular flexibility index (Phi) is 8.91. The van der Waals surface area contributed by atoms with Crippen LogP contribution in [0.1, 0.15) is 41.7 Å². The van der Waals surface area contributed by atoms with Gasteiger partial charge in [-0.2, -0.15) is 0 Å². The van der Waals surface area contributed by atoms with Crippen molar-refractivity contribution in [1.29, 1.82) is 0 Å². The van der Waals surface area contributed by atoms with Gasteiger partial charge in [0.1, 0.15) is 0 Å². The minimum absolute atomic E-state index is 0.538. The van der Waals surface area contributed by atoms with E-state index in [9.17, 15) is 0 Å². The van der Waals surface area contributed by atoms with Crippen LogP contribution in [0.15, 0.2) is 230 Å². The van der Waals surface area contributed by atoms with Crippen molar-refractivity contribution in [1.82, 2.24) is 0 Å². The Morgan fingerprint density at radius 3 is 1.60 bits per heavy atom. The summed E-state index contributed by atoms with van der Waals surface area (Å²) in [6, 6.07) is 71.9. The Morgan fingerprint density at radius 2 is 1.02 bits per heavy atom. The first-order valence-electron chi connectivity index (χ1n) is 21.6. The molecule has 11 rings (SSSR count). The minimum atomic E-state index is -0.538. The standard InChI is InChI=1S/C60H46N2/c1-5-19-56(40(3)6-2)61(44-21-9-7-10-22-44)46-32-36-48-42(38-46)30-34-52-53-35-31-43-39-47(62(45-23-11-8-12-24-45)57-29-18-13-20-41(57)4)33-37-49(43)59(53)60(58(48)52)54-27-16-14-25-50(54)51-26-15-17-28-55(51)60/h5-39H,1H2,2-4H3/b40-6-,56-19+. The highest BCUT2D eigenvalue weighted by Crippen LogP contribution is 2.65. The van der Waals surface area contributed by atoms with Crippen molar-refractivity contribution in [2.24, 2.45) is 0 Å². The molecule has 2 nitrogen and oxygen atoms in total. The number of benzene rings is 9. The molecule has 0 N–H and O–H groups in total. The predicted molar refractivity (Wildman–Crippen MR) is 263 cm³/mol. The number of fused-ring (bicyclic) bond motifs is 14. The van der Waals surface area contributed by atoms with E-state index < -0.39 is 5.41 Å². The maximum Gasteiger partial charge on any atom is 0.0737 e. The summed E-state index contributed by atoms with van der Waals surface area (Å²) < 4.78 is 0. The molecule has 2 aliphatic rings. The summed E-state index contributed by atoms with van der Waals surface area (Å²) in [7, 11) is 0. The summed E-state index contributed by atoms with van der Waals surface area (Å²) in [6.07, 6.45) is 6.17. The fraction of sp³-hybridized carbons (Fsp3) is 0.0667. The van der Waals surface area contributed by atoms with E-state index in [1.807, 2.05) is 6.08 Å². The molecule has 0 radical (unpaired) electrons. The van der Waals surface area contributed by atoms with E-state index in [2.05, 4.69) is 243 Å². The topological polar surface area (TPSA) is 6.48 Å². The van der Waals surface area contributed by atoms with Gasteiger partial charge in [-0.3, -0.25) is 0 Å². The van der Waals surface area contributed by atoms with E-state index in [0.717, 1.165) is 28.4 Å². The maximum absolute atomic E-state index is 4.11. The average Bonchev–Trinajstić information content (AvgIpc) is 3.80. The molecule has 0 saturated carbocycles. The van der Waals surface area contributed by atoms with E-state index in [1.54, 1.807) is 0 Å². The summed E-state index contributed by atoms with van der Waals surface area (Å²) in [5.41, 5.74) is 19.2. The maximum atomic E-state index is 4.11. The summed E-state index contributed by atoms with van der Waals surface area (Å²) in [5, 5.41) is 4.96. The van der Waals surface area contributed by atoms with Gasteiger partial charge in [0.05, 0.1) is 5.41 Å². The Bertz CT molecular complexity index is 3250. The number of aryl methyl sites for hydroxylation is 1. The zero-order valence-electron chi connectivity index (χ0n) is 35.3. The molecule has 0 heterocycles. The van der Waals surface area contributed by atoms with Crippen molar-refractivity contribution < 1.29 is 0 Å². The number of allylic oxidation sites excluding steroid dienone is 4. The van der Waals surface area contributed by atoms with Gasteiger partial charge >= 0.3 is 0 Å². The molecule has 0 atom stereocenters. The third-order valence-electron chi connectivity index (χ3n) is 13.3. The Morgan fingerprint density at radius 1 is 0.500 bits per heavy atom. The van der Waals surface area contributed by atoms with Gasteiger partial charge in [-0.05, 0) is 159 Å². The van der Waals surface area contributed by atoms with Gasteiger partial charge < -0.3 is 9.80 Å². The number of nitrogens with zero attached hydrogens (tertiary/aromatic N) is 2. The van der Waals surface area contributed by atoms with Gasteiger partial charge in [0.15, 0.2) is 0 Å². The summed E-state index contributed by atoms with van der Waals surface area (Å²) in [5.74, 6) is 0. The van der Waals surface area contributed by atoms with Crippen LogP contribution in [0.3, 0.4) is 0 Å². The van der Waals surface area contributed by atoms with Crippen molar-refractivity contribution in [2.45, 2.75) is 26.2 Å². The van der Waals surface area contributed by atoms with Crippen LogP contribution in [0, 0.1) is 6.92 Å². The zero-order chi connectivity index (χ0) is 42.0. The van der Waals surface area contributed by atoms with E-state index >= 15 is 0 Å². The van der Waals surface area contributed by atoms with Crippen LogP contribution in [0.2, 0.25) is 0 Å². The van der Waals surface area contributed by atoms with Crippen LogP contribution in [0.4, 0.5) is 28.4 Å². The van der Waals surface area contributed by atoms with Gasteiger partial charge in [0, 0.05) is 34.1 Å². The fourth-order valence-corrected chi connectivity index (χ4v) is 10.5. The Hall–Kier alpha value is -7.68. The number of rotatable bonds is 8. The normalized spacial score (nSPS) is 13.5. The molecule has 0 unspecified atom stereocenters. The molecule has 0 amide bonds. The Balaban J connectivity index is 1.18. The quantitative estimate of drug-likeness (QED) is 0.141. The molecule has 296 valence electrons. The smallest absolute Gasteiger partial charge is 0.0737 e. The molecular formula is C60H46N2. The summed E-state index contributed by atoms with van der Waals surface area (Å²) in [6.45, 7) is 10.6. The largest absolute Gasteiger partial charge is 0.310 e. The monoisotopic (exact) mass is 794 g/mol. The molecule has 0 fully saturated rings. The number of anilines is 5. The lowest BCUT2D eigenvalue weighted by molar-refractivity contribution is 0.809. The van der Waals surface area contributed by atoms with Crippen molar-refractivity contribution in [2.75, 3.05) is 9.80 Å². The van der Waals surface area contributed by atoms with Gasteiger partial charge in [-0.25, -0.2) is 0 Å². The molecule has 9 aromatic rings. The van der Waals surface area contributed by atoms with Gasteiger partial charge in [-0.1, -0.05) is 158 Å². The lowest BCUT2D eigenvalue weighted by Crippen LogP contribution is -2.26. The number of para-hydroxylation sites is 3. The fourth-order valence-electron chi connectivity index (χ4n) is 10.5. The molecular weight excluding hydrogens is 749 g/mol. The second-order valence-electron chi connectivity index (χ2n) is 16.5. The van der Waals surface area contributed by atoms with Crippen molar-refractivity contribution in [3.05, 3.63) is 258 Å². The number of hydrogen-bond acceptors (Lipinski definition) is 2. The average molecular weight is 795 g/mol. The van der Waals surface area contributed by atoms with E-state index in [4.69, 9.17) is 0 Å². The SMILES string of the molecule is C=C/C=C(\C(C)=C/C)N(c1ccccc1)c1ccc2c3c(ccc2c1)-c1ccc2cc(N(c4ccccc4)c4ccccc4C)ccc2c1C31c2ccccc2-c2ccccc21. The lowest BCUT2D eigenvalue weighted by Gasteiger charge is -2.33. The lowest BCUT2D eigenvalue weighted by atomic mass is 9.68. The van der Waals surface area contributed by atoms with Crippen LogP contribution in [0.5, 0.6) is 0 Å². The highest BCUT2D eigenvalue weighted by Gasteiger charge is 2.53. The second-order valence-corrected chi connectivity index (χ2v) is 16.5. The van der Waals surface area contributed by atoms with E-state index in [0.29, 0.717) is 0 Å². The molecule has 62 heavy (non-hydrogen) atoms. The first-order valence-corrected chi connectivity index (χ1v) is 21.6. The molecule has 1 spiro atoms. The van der Waals surface area contributed by atoms with Crippen molar-refractivity contribution >= 4 is 50.0 Å². The molecule has 0 bridgehead atoms. The first-order chi connectivity index (χ1) is 30.5. The van der Waals surface area contributed by atoms with Gasteiger partial charge in [0.25, 0.3) is 0 Å². The molecule has 0 saturated heterocycles. The van der Waals surface area contributed by atoms with Crippen LogP contribution < -0.4 is 9.80 Å². The molecule has 9 aromatic carbocycles. The summed E-state index contributed by atoms with van der Waals surface area (Å²) >= 11 is 0. The molecule has 2 aliphatic carbocycles. The second kappa shape index (κ2) is 14.8. The third kappa shape index (κ3) is 5.50. The minimum Gasteiger partial charge on any atom is -0.310 e. The van der Waals surface area contributed by atoms with E-state index in [-0.39, 0.29) is 0 Å². The van der Waals surface area contributed by atoms with Gasteiger partial charge in [0.2, 0.25) is 0 Å². The first kappa shape index (κ1) is 37.3. The third-order valence-corrected chi connectivity index (χ3v) is 13.3. The van der Waals surface area contributed by atoms with Gasteiger partial charge in [-0.15, -0.1) is 0 Å². The van der Waals surface area contributed by atoms with Crippen molar-refractivity contribution in [3.8, 4) is 22.3 Å². The van der Waals surface area contributed by atoms with Crippen LogP contribution >= 0.6 is 0 Å². The van der Waals surface area contributed by atoms with Crippen LogP contribution in [0.25, 0.3) is 43.8 Å². The van der Waals surface area contributed by atoms with E-state index in [1.165, 1.54) is 82.9 Å². The highest BCUT2D eigenvalue weighted by atomic mass is 15.2. The number of hydrogen-bond donors (Lipinski definition) is 0. The van der Waals surface area contributed by atoms with Crippen LogP contribution in [-0.2, 0) is 5.41 Å². The zero-order valence-corrected chi connectivity index (χ0v) is 35.3. The Labute approximate surface area is 364 Å².